The van der Waals surface area contributed by atoms with Gasteiger partial charge in [0.2, 0.25) is 0 Å². The highest BCUT2D eigenvalue weighted by Crippen LogP contribution is 2.49. The molecule has 0 aromatic carbocycles. The van der Waals surface area contributed by atoms with Gasteiger partial charge in [-0.1, -0.05) is 12.8 Å². The van der Waals surface area contributed by atoms with Crippen molar-refractivity contribution in [2.75, 3.05) is 45.8 Å². The molecule has 3 atom stereocenters. The molecule has 1 unspecified atom stereocenters. The molecule has 3 saturated heterocycles. The number of aromatic nitrogens is 3. The van der Waals surface area contributed by atoms with E-state index in [0.717, 1.165) is 30.1 Å². The van der Waals surface area contributed by atoms with Crippen molar-refractivity contribution in [1.82, 2.24) is 29.9 Å². The minimum atomic E-state index is 0. The molecular formula is C21H38Cl2N6. The molecule has 3 aliphatic heterocycles. The number of nitrogens with zero attached hydrogens (tertiary/aromatic N) is 5. The monoisotopic (exact) mass is 444 g/mol. The van der Waals surface area contributed by atoms with Gasteiger partial charge in [0.25, 0.3) is 0 Å². The Hall–Kier alpha value is -0.400. The number of hydrogen-bond donors (Lipinski definition) is 1. The summed E-state index contributed by atoms with van der Waals surface area (Å²) < 4.78 is 2.31. The minimum absolute atomic E-state index is 0. The van der Waals surface area contributed by atoms with Crippen molar-refractivity contribution in [3.05, 3.63) is 11.6 Å². The Kier molecular flexibility index (Phi) is 8.24. The van der Waals surface area contributed by atoms with E-state index in [1.807, 2.05) is 0 Å². The fourth-order valence-electron chi connectivity index (χ4n) is 5.85. The van der Waals surface area contributed by atoms with Crippen LogP contribution in [-0.4, -0.2) is 70.4 Å². The lowest BCUT2D eigenvalue weighted by molar-refractivity contribution is 0.193. The second-order valence-electron chi connectivity index (χ2n) is 9.45. The van der Waals surface area contributed by atoms with Crippen LogP contribution in [0.3, 0.4) is 0 Å². The molecule has 1 aliphatic carbocycles. The summed E-state index contributed by atoms with van der Waals surface area (Å²) in [4.78, 5) is 5.29. The first kappa shape index (κ1) is 23.3. The summed E-state index contributed by atoms with van der Waals surface area (Å²) in [6, 6.07) is 0. The van der Waals surface area contributed by atoms with Crippen molar-refractivity contribution in [1.29, 1.82) is 0 Å². The van der Waals surface area contributed by atoms with Crippen LogP contribution in [0.25, 0.3) is 0 Å². The van der Waals surface area contributed by atoms with Gasteiger partial charge in [0.05, 0.1) is 6.54 Å². The number of halogens is 2. The zero-order valence-corrected chi connectivity index (χ0v) is 19.4. The molecule has 1 aromatic rings. The van der Waals surface area contributed by atoms with Crippen molar-refractivity contribution >= 4 is 24.8 Å². The van der Waals surface area contributed by atoms with E-state index < -0.39 is 0 Å². The van der Waals surface area contributed by atoms with Gasteiger partial charge in [-0.3, -0.25) is 4.90 Å². The lowest BCUT2D eigenvalue weighted by Gasteiger charge is -2.32. The quantitative estimate of drug-likeness (QED) is 0.756. The second-order valence-corrected chi connectivity index (χ2v) is 9.45. The lowest BCUT2D eigenvalue weighted by Crippen LogP contribution is -2.36. The minimum Gasteiger partial charge on any atom is -0.317 e. The van der Waals surface area contributed by atoms with Crippen molar-refractivity contribution in [3.63, 3.8) is 0 Å². The third-order valence-electron chi connectivity index (χ3n) is 7.75. The van der Waals surface area contributed by atoms with Crippen LogP contribution in [-0.2, 0) is 13.6 Å². The summed E-state index contributed by atoms with van der Waals surface area (Å²) in [5.41, 5.74) is 0. The van der Waals surface area contributed by atoms with Crippen molar-refractivity contribution < 1.29 is 0 Å². The van der Waals surface area contributed by atoms with E-state index in [9.17, 15) is 0 Å². The lowest BCUT2D eigenvalue weighted by atomic mass is 9.95. The predicted molar refractivity (Wildman–Crippen MR) is 121 cm³/mol. The van der Waals surface area contributed by atoms with Gasteiger partial charge in [-0.2, -0.15) is 0 Å². The number of nitrogens with one attached hydrogen (secondary N) is 1. The predicted octanol–water partition coefficient (Wildman–Crippen LogP) is 2.68. The van der Waals surface area contributed by atoms with Crippen LogP contribution in [0.5, 0.6) is 0 Å². The summed E-state index contributed by atoms with van der Waals surface area (Å²) in [6.45, 7) is 9.77. The molecule has 8 heteroatoms. The molecule has 0 bridgehead atoms. The van der Waals surface area contributed by atoms with Crippen LogP contribution in [0.2, 0.25) is 0 Å². The highest BCUT2D eigenvalue weighted by Gasteiger charge is 2.52. The highest BCUT2D eigenvalue weighted by molar-refractivity contribution is 5.85. The van der Waals surface area contributed by atoms with Gasteiger partial charge in [-0.15, -0.1) is 35.0 Å². The van der Waals surface area contributed by atoms with Crippen LogP contribution < -0.4 is 5.32 Å². The Morgan fingerprint density at radius 1 is 0.862 bits per heavy atom. The molecule has 0 radical (unpaired) electrons. The maximum Gasteiger partial charge on any atom is 0.146 e. The standard InChI is InChI=1S/C21H36N6.2ClH/c1-25-20(15-26-8-4-2-3-5-9-26)23-24-21(25)16-6-10-27(11-7-16)14-19-17-12-22-13-18(17)19;;/h16-19,22H,2-15H2,1H3;2*1H/t17-,18+,19?;;. The van der Waals surface area contributed by atoms with E-state index in [0.29, 0.717) is 5.92 Å². The van der Waals surface area contributed by atoms with Crippen molar-refractivity contribution in [2.24, 2.45) is 24.8 Å². The topological polar surface area (TPSA) is 49.2 Å². The maximum atomic E-state index is 4.63. The number of piperidine rings is 2. The largest absolute Gasteiger partial charge is 0.317 e. The van der Waals surface area contributed by atoms with E-state index in [4.69, 9.17) is 0 Å². The molecule has 29 heavy (non-hydrogen) atoms. The summed E-state index contributed by atoms with van der Waals surface area (Å²) in [7, 11) is 2.19. The average molecular weight is 445 g/mol. The van der Waals surface area contributed by atoms with Gasteiger partial charge in [-0.25, -0.2) is 0 Å². The number of likely N-dealkylation sites (tertiary alicyclic amines) is 2. The zero-order valence-electron chi connectivity index (χ0n) is 17.8. The number of fused-ring (bicyclic) bond motifs is 1. The van der Waals surface area contributed by atoms with Crippen molar-refractivity contribution in [2.45, 2.75) is 51.0 Å². The Morgan fingerprint density at radius 2 is 1.52 bits per heavy atom. The Labute approximate surface area is 188 Å². The highest BCUT2D eigenvalue weighted by atomic mass is 35.5. The van der Waals surface area contributed by atoms with Gasteiger partial charge in [0.1, 0.15) is 11.6 Å². The Balaban J connectivity index is 0.00000120. The molecule has 4 fully saturated rings. The zero-order chi connectivity index (χ0) is 18.2. The first-order valence-electron chi connectivity index (χ1n) is 11.3. The number of rotatable bonds is 5. The summed E-state index contributed by atoms with van der Waals surface area (Å²) in [6.07, 6.45) is 7.94. The molecule has 1 N–H and O–H groups in total. The van der Waals surface area contributed by atoms with E-state index in [1.165, 1.54) is 90.2 Å². The molecule has 4 heterocycles. The van der Waals surface area contributed by atoms with Crippen LogP contribution in [0.1, 0.15) is 56.1 Å². The molecule has 1 saturated carbocycles. The smallest absolute Gasteiger partial charge is 0.146 e. The molecule has 4 aliphatic rings. The van der Waals surface area contributed by atoms with Gasteiger partial charge < -0.3 is 14.8 Å². The molecule has 1 aromatic heterocycles. The molecule has 166 valence electrons. The summed E-state index contributed by atoms with van der Waals surface area (Å²) >= 11 is 0. The van der Waals surface area contributed by atoms with Gasteiger partial charge >= 0.3 is 0 Å². The SMILES string of the molecule is Cl.Cl.Cn1c(CN2CCCCCC2)nnc1C1CCN(CC2[C@H]3CNC[C@@H]23)CC1. The van der Waals surface area contributed by atoms with E-state index in [1.54, 1.807) is 0 Å². The number of hydrogen-bond acceptors (Lipinski definition) is 5. The molecule has 0 amide bonds. The van der Waals surface area contributed by atoms with Crippen LogP contribution in [0, 0.1) is 17.8 Å². The van der Waals surface area contributed by atoms with Crippen LogP contribution in [0.4, 0.5) is 0 Å². The van der Waals surface area contributed by atoms with Gasteiger partial charge in [0.15, 0.2) is 0 Å². The molecular weight excluding hydrogens is 407 g/mol. The second kappa shape index (κ2) is 10.3. The van der Waals surface area contributed by atoms with Crippen molar-refractivity contribution in [3.8, 4) is 0 Å². The maximum absolute atomic E-state index is 4.63. The summed E-state index contributed by atoms with van der Waals surface area (Å²) in [5.74, 6) is 5.94. The Morgan fingerprint density at radius 3 is 2.17 bits per heavy atom. The van der Waals surface area contributed by atoms with E-state index in [-0.39, 0.29) is 24.8 Å². The third kappa shape index (κ3) is 5.09. The average Bonchev–Trinajstić information content (AvgIpc) is 2.98. The molecule has 0 spiro atoms. The Bertz CT molecular complexity index is 627. The first-order chi connectivity index (χ1) is 13.3. The van der Waals surface area contributed by atoms with E-state index in [2.05, 4.69) is 36.9 Å². The fourth-order valence-corrected chi connectivity index (χ4v) is 5.85. The van der Waals surface area contributed by atoms with Crippen LogP contribution >= 0.6 is 24.8 Å². The third-order valence-corrected chi connectivity index (χ3v) is 7.75. The summed E-state index contributed by atoms with van der Waals surface area (Å²) in [5, 5.41) is 12.7. The van der Waals surface area contributed by atoms with E-state index >= 15 is 0 Å². The molecule has 5 rings (SSSR count). The van der Waals surface area contributed by atoms with Gasteiger partial charge in [-0.05, 0) is 82.7 Å². The fraction of sp³-hybridized carbons (Fsp3) is 0.905. The first-order valence-corrected chi connectivity index (χ1v) is 11.3. The molecule has 6 nitrogen and oxygen atoms in total. The van der Waals surface area contributed by atoms with Gasteiger partial charge in [0, 0.05) is 19.5 Å². The van der Waals surface area contributed by atoms with Crippen LogP contribution in [0.15, 0.2) is 0 Å². The normalized spacial score (nSPS) is 30.9.